The summed E-state index contributed by atoms with van der Waals surface area (Å²) in [4.78, 5) is 42.6. The van der Waals surface area contributed by atoms with E-state index >= 15 is 0 Å². The quantitative estimate of drug-likeness (QED) is 0.429. The Morgan fingerprint density at radius 2 is 1.76 bits per heavy atom. The lowest BCUT2D eigenvalue weighted by Crippen LogP contribution is -2.40. The van der Waals surface area contributed by atoms with E-state index < -0.39 is 11.2 Å². The molecule has 0 saturated carbocycles. The number of aryl methyl sites for hydroxylation is 3. The van der Waals surface area contributed by atoms with Crippen LogP contribution in [0.2, 0.25) is 0 Å². The van der Waals surface area contributed by atoms with Gasteiger partial charge in [-0.05, 0) is 38.0 Å². The van der Waals surface area contributed by atoms with Crippen LogP contribution in [0.1, 0.15) is 18.1 Å². The summed E-state index contributed by atoms with van der Waals surface area (Å²) in [5, 5.41) is 0. The van der Waals surface area contributed by atoms with Crippen molar-refractivity contribution in [2.75, 3.05) is 0 Å². The lowest BCUT2D eigenvalue weighted by molar-refractivity contribution is -0.117. The summed E-state index contributed by atoms with van der Waals surface area (Å²) in [7, 11) is 1.56. The van der Waals surface area contributed by atoms with Crippen LogP contribution >= 0.6 is 0 Å². The Morgan fingerprint density at radius 1 is 1.03 bits per heavy atom. The number of nitrogens with zero attached hydrogens (tertiary/aromatic N) is 5. The first-order chi connectivity index (χ1) is 15.8. The fourth-order valence-electron chi connectivity index (χ4n) is 4.27. The minimum atomic E-state index is -0.565. The van der Waals surface area contributed by atoms with E-state index in [-0.39, 0.29) is 23.5 Å². The van der Waals surface area contributed by atoms with Crippen molar-refractivity contribution >= 4 is 22.7 Å². The van der Waals surface area contributed by atoms with Crippen molar-refractivity contribution in [1.29, 1.82) is 0 Å². The van der Waals surface area contributed by atoms with Gasteiger partial charge in [-0.2, -0.15) is 4.98 Å². The Balaban J connectivity index is 1.97. The number of hydrogen-bond donors (Lipinski definition) is 0. The smallest absolute Gasteiger partial charge is 0.298 e. The van der Waals surface area contributed by atoms with Crippen LogP contribution in [0.3, 0.4) is 0 Å². The summed E-state index contributed by atoms with van der Waals surface area (Å²) < 4.78 is 6.02. The molecule has 0 saturated heterocycles. The molecule has 5 aromatic rings. The molecule has 2 aromatic carbocycles. The molecule has 0 unspecified atom stereocenters. The second-order valence-corrected chi connectivity index (χ2v) is 8.39. The van der Waals surface area contributed by atoms with Crippen molar-refractivity contribution in [2.24, 2.45) is 7.05 Å². The van der Waals surface area contributed by atoms with Gasteiger partial charge in [-0.1, -0.05) is 42.5 Å². The summed E-state index contributed by atoms with van der Waals surface area (Å²) in [5.41, 5.74) is 4.34. The molecule has 0 spiro atoms. The first kappa shape index (κ1) is 20.7. The standard InChI is InChI=1S/C25H23N5O3/c1-15-10-11-16(2)19(12-15)30-20(18-8-6-5-7-9-18)14-28-21-22(26-24(28)30)27(4)25(33)29(23(21)32)13-17(3)31/h5-12,14H,13H2,1-4H3. The molecular weight excluding hydrogens is 418 g/mol. The van der Waals surface area contributed by atoms with E-state index in [1.165, 1.54) is 11.5 Å². The van der Waals surface area contributed by atoms with Gasteiger partial charge in [0.05, 0.1) is 17.9 Å². The highest BCUT2D eigenvalue weighted by molar-refractivity contribution is 5.80. The van der Waals surface area contributed by atoms with Crippen molar-refractivity contribution < 1.29 is 4.79 Å². The van der Waals surface area contributed by atoms with E-state index in [0.29, 0.717) is 5.78 Å². The SMILES string of the molecule is CC(=O)Cn1c(=O)c2c(nc3n(-c4cc(C)ccc4C)c(-c4ccccc4)cn23)n(C)c1=O. The number of benzene rings is 2. The van der Waals surface area contributed by atoms with Crippen LogP contribution in [0.5, 0.6) is 0 Å². The topological polar surface area (TPSA) is 83.3 Å². The summed E-state index contributed by atoms with van der Waals surface area (Å²) >= 11 is 0. The summed E-state index contributed by atoms with van der Waals surface area (Å²) in [6.07, 6.45) is 1.87. The number of rotatable bonds is 4. The van der Waals surface area contributed by atoms with Crippen molar-refractivity contribution in [3.63, 3.8) is 0 Å². The van der Waals surface area contributed by atoms with Crippen molar-refractivity contribution in [1.82, 2.24) is 23.1 Å². The zero-order valence-corrected chi connectivity index (χ0v) is 18.9. The van der Waals surface area contributed by atoms with E-state index in [2.05, 4.69) is 6.07 Å². The number of carbonyl (C=O) groups excluding carboxylic acids is 1. The molecule has 0 radical (unpaired) electrons. The Morgan fingerprint density at radius 3 is 2.45 bits per heavy atom. The summed E-state index contributed by atoms with van der Waals surface area (Å²) in [6.45, 7) is 5.13. The van der Waals surface area contributed by atoms with Crippen LogP contribution in [0, 0.1) is 13.8 Å². The van der Waals surface area contributed by atoms with E-state index in [1.54, 1.807) is 11.4 Å². The van der Waals surface area contributed by atoms with Gasteiger partial charge < -0.3 is 0 Å². The van der Waals surface area contributed by atoms with Gasteiger partial charge in [0.15, 0.2) is 11.2 Å². The molecule has 0 N–H and O–H groups in total. The lowest BCUT2D eigenvalue weighted by atomic mass is 10.1. The van der Waals surface area contributed by atoms with E-state index in [9.17, 15) is 14.4 Å². The van der Waals surface area contributed by atoms with Crippen LogP contribution in [0.25, 0.3) is 33.9 Å². The first-order valence-electron chi connectivity index (χ1n) is 10.6. The van der Waals surface area contributed by atoms with Gasteiger partial charge in [0.2, 0.25) is 5.78 Å². The van der Waals surface area contributed by atoms with Gasteiger partial charge in [0.25, 0.3) is 5.56 Å². The number of fused-ring (bicyclic) bond motifs is 3. The minimum absolute atomic E-state index is 0.259. The molecule has 8 heteroatoms. The van der Waals surface area contributed by atoms with Gasteiger partial charge in [-0.25, -0.2) is 4.79 Å². The number of Topliss-reactive ketones (excluding diaryl/α,β-unsaturated/α-hetero) is 1. The van der Waals surface area contributed by atoms with Crippen LogP contribution in [0.15, 0.2) is 64.3 Å². The zero-order chi connectivity index (χ0) is 23.4. The molecule has 33 heavy (non-hydrogen) atoms. The van der Waals surface area contributed by atoms with Crippen LogP contribution in [-0.2, 0) is 18.4 Å². The number of hydrogen-bond acceptors (Lipinski definition) is 4. The molecule has 0 fully saturated rings. The summed E-state index contributed by atoms with van der Waals surface area (Å²) in [6, 6.07) is 16.0. The van der Waals surface area contributed by atoms with Gasteiger partial charge in [-0.15, -0.1) is 0 Å². The second kappa shape index (κ2) is 7.44. The highest BCUT2D eigenvalue weighted by Crippen LogP contribution is 2.30. The largest absolute Gasteiger partial charge is 0.332 e. The molecule has 3 aromatic heterocycles. The van der Waals surface area contributed by atoms with Gasteiger partial charge in [-0.3, -0.25) is 27.7 Å². The average molecular weight is 441 g/mol. The lowest BCUT2D eigenvalue weighted by Gasteiger charge is -2.13. The van der Waals surface area contributed by atoms with Gasteiger partial charge >= 0.3 is 5.69 Å². The molecule has 0 aliphatic carbocycles. The van der Waals surface area contributed by atoms with Crippen LogP contribution in [-0.4, -0.2) is 28.9 Å². The van der Waals surface area contributed by atoms with E-state index in [1.807, 2.05) is 67.1 Å². The van der Waals surface area contributed by atoms with Crippen LogP contribution in [0.4, 0.5) is 0 Å². The third-order valence-corrected chi connectivity index (χ3v) is 5.91. The molecule has 166 valence electrons. The van der Waals surface area contributed by atoms with E-state index in [4.69, 9.17) is 4.98 Å². The third-order valence-electron chi connectivity index (χ3n) is 5.91. The van der Waals surface area contributed by atoms with Crippen LogP contribution < -0.4 is 11.2 Å². The fraction of sp³-hybridized carbons (Fsp3) is 0.200. The molecule has 0 atom stereocenters. The van der Waals surface area contributed by atoms with Gasteiger partial charge in [0.1, 0.15) is 5.78 Å². The number of aromatic nitrogens is 5. The van der Waals surface area contributed by atoms with E-state index in [0.717, 1.165) is 32.6 Å². The predicted molar refractivity (Wildman–Crippen MR) is 127 cm³/mol. The monoisotopic (exact) mass is 441 g/mol. The number of ketones is 1. The Labute approximate surface area is 189 Å². The maximum absolute atomic E-state index is 13.4. The first-order valence-corrected chi connectivity index (χ1v) is 10.6. The highest BCUT2D eigenvalue weighted by atomic mass is 16.2. The maximum Gasteiger partial charge on any atom is 0.332 e. The number of carbonyl (C=O) groups is 1. The zero-order valence-electron chi connectivity index (χ0n) is 18.9. The van der Waals surface area contributed by atoms with Crippen molar-refractivity contribution in [2.45, 2.75) is 27.3 Å². The molecule has 3 heterocycles. The predicted octanol–water partition coefficient (Wildman–Crippen LogP) is 3.01. The summed E-state index contributed by atoms with van der Waals surface area (Å²) in [5.74, 6) is 0.248. The molecule has 0 bridgehead atoms. The Bertz CT molecular complexity index is 1680. The highest BCUT2D eigenvalue weighted by Gasteiger charge is 2.23. The molecular formula is C25H23N5O3. The molecule has 0 aliphatic heterocycles. The van der Waals surface area contributed by atoms with Gasteiger partial charge in [0, 0.05) is 18.8 Å². The molecule has 5 rings (SSSR count). The maximum atomic E-state index is 13.4. The molecule has 8 nitrogen and oxygen atoms in total. The number of imidazole rings is 2. The second-order valence-electron chi connectivity index (χ2n) is 8.39. The normalized spacial score (nSPS) is 11.5. The molecule has 0 aliphatic rings. The molecule has 0 amide bonds. The van der Waals surface area contributed by atoms with Crippen molar-refractivity contribution in [3.8, 4) is 16.9 Å². The fourth-order valence-corrected chi connectivity index (χ4v) is 4.27. The third kappa shape index (κ3) is 3.14. The minimum Gasteiger partial charge on any atom is -0.298 e. The van der Waals surface area contributed by atoms with Crippen molar-refractivity contribution in [3.05, 3.63) is 86.7 Å². The Kier molecular flexibility index (Phi) is 4.67. The Hall–Kier alpha value is -4.20. The average Bonchev–Trinajstić information content (AvgIpc) is 3.34.